The predicted octanol–water partition coefficient (Wildman–Crippen LogP) is -0.109. The number of rotatable bonds is 4. The number of hydrogen-bond donors (Lipinski definition) is 1. The van der Waals surface area contributed by atoms with Crippen molar-refractivity contribution in [2.24, 2.45) is 5.73 Å². The van der Waals surface area contributed by atoms with Crippen molar-refractivity contribution in [3.05, 3.63) is 0 Å². The Hall–Kier alpha value is -1.05. The van der Waals surface area contributed by atoms with Crippen molar-refractivity contribution in [3.63, 3.8) is 0 Å². The molecule has 90 valence electrons. The van der Waals surface area contributed by atoms with Gasteiger partial charge in [-0.2, -0.15) is 0 Å². The first-order valence-electron chi connectivity index (χ1n) is 5.89. The number of terminal acetylenes is 1. The van der Waals surface area contributed by atoms with Crippen molar-refractivity contribution in [3.8, 4) is 12.3 Å². The molecule has 1 fully saturated rings. The minimum absolute atomic E-state index is 0.00546. The van der Waals surface area contributed by atoms with Gasteiger partial charge in [0.15, 0.2) is 0 Å². The summed E-state index contributed by atoms with van der Waals surface area (Å²) in [6.45, 7) is 6.72. The van der Waals surface area contributed by atoms with Gasteiger partial charge in [-0.15, -0.1) is 12.3 Å². The molecule has 1 rings (SSSR count). The van der Waals surface area contributed by atoms with Gasteiger partial charge in [-0.3, -0.25) is 9.69 Å². The van der Waals surface area contributed by atoms with Gasteiger partial charge < -0.3 is 10.6 Å². The molecule has 0 aromatic rings. The van der Waals surface area contributed by atoms with Crippen molar-refractivity contribution in [1.82, 2.24) is 9.80 Å². The second-order valence-corrected chi connectivity index (χ2v) is 4.18. The lowest BCUT2D eigenvalue weighted by molar-refractivity contribution is -0.134. The first kappa shape index (κ1) is 13.0. The SMILES string of the molecule is C#CCC(N)C(=O)N1CCN(CCC)CC1. The van der Waals surface area contributed by atoms with Crippen LogP contribution in [0, 0.1) is 12.3 Å². The highest BCUT2D eigenvalue weighted by atomic mass is 16.2. The highest BCUT2D eigenvalue weighted by Crippen LogP contribution is 2.05. The second-order valence-electron chi connectivity index (χ2n) is 4.18. The fourth-order valence-electron chi connectivity index (χ4n) is 1.96. The Bertz CT molecular complexity index is 264. The molecule has 0 aromatic heterocycles. The molecule has 4 heteroatoms. The summed E-state index contributed by atoms with van der Waals surface area (Å²) in [6.07, 6.45) is 6.63. The maximum atomic E-state index is 11.8. The number of carbonyl (C=O) groups is 1. The number of carbonyl (C=O) groups excluding carboxylic acids is 1. The van der Waals surface area contributed by atoms with Gasteiger partial charge in [-0.25, -0.2) is 0 Å². The average Bonchev–Trinajstić information content (AvgIpc) is 2.30. The Kier molecular flexibility index (Phi) is 5.30. The molecule has 0 radical (unpaired) electrons. The van der Waals surface area contributed by atoms with Gasteiger partial charge in [-0.05, 0) is 13.0 Å². The Morgan fingerprint density at radius 2 is 2.06 bits per heavy atom. The largest absolute Gasteiger partial charge is 0.339 e. The third kappa shape index (κ3) is 3.51. The summed E-state index contributed by atoms with van der Waals surface area (Å²) >= 11 is 0. The molecular formula is C12H21N3O. The van der Waals surface area contributed by atoms with Crippen molar-refractivity contribution >= 4 is 5.91 Å². The zero-order valence-corrected chi connectivity index (χ0v) is 9.98. The number of amides is 1. The molecule has 16 heavy (non-hydrogen) atoms. The zero-order valence-electron chi connectivity index (χ0n) is 9.98. The normalized spacial score (nSPS) is 19.2. The van der Waals surface area contributed by atoms with E-state index in [1.54, 1.807) is 0 Å². The molecule has 1 saturated heterocycles. The van der Waals surface area contributed by atoms with Crippen molar-refractivity contribution in [1.29, 1.82) is 0 Å². The predicted molar refractivity (Wildman–Crippen MR) is 64.7 cm³/mol. The summed E-state index contributed by atoms with van der Waals surface area (Å²) < 4.78 is 0. The van der Waals surface area contributed by atoms with Crippen LogP contribution in [0.3, 0.4) is 0 Å². The average molecular weight is 223 g/mol. The van der Waals surface area contributed by atoms with Crippen LogP contribution in [0.1, 0.15) is 19.8 Å². The Morgan fingerprint density at radius 3 is 2.56 bits per heavy atom. The van der Waals surface area contributed by atoms with E-state index >= 15 is 0 Å². The lowest BCUT2D eigenvalue weighted by atomic mass is 10.2. The van der Waals surface area contributed by atoms with Gasteiger partial charge in [0, 0.05) is 32.6 Å². The van der Waals surface area contributed by atoms with Crippen LogP contribution in [-0.4, -0.2) is 54.5 Å². The molecule has 1 unspecified atom stereocenters. The third-order valence-corrected chi connectivity index (χ3v) is 2.88. The Balaban J connectivity index is 2.36. The molecular weight excluding hydrogens is 202 g/mol. The zero-order chi connectivity index (χ0) is 12.0. The molecule has 2 N–H and O–H groups in total. The Labute approximate surface area is 97.8 Å². The van der Waals surface area contributed by atoms with Gasteiger partial charge in [0.05, 0.1) is 6.04 Å². The molecule has 0 saturated carbocycles. The van der Waals surface area contributed by atoms with Crippen LogP contribution < -0.4 is 5.73 Å². The molecule has 0 spiro atoms. The minimum atomic E-state index is -0.525. The van der Waals surface area contributed by atoms with Crippen LogP contribution in [0.15, 0.2) is 0 Å². The number of hydrogen-bond acceptors (Lipinski definition) is 3. The highest BCUT2D eigenvalue weighted by molar-refractivity contribution is 5.82. The smallest absolute Gasteiger partial charge is 0.240 e. The van der Waals surface area contributed by atoms with Gasteiger partial charge in [0.2, 0.25) is 5.91 Å². The summed E-state index contributed by atoms with van der Waals surface area (Å²) in [5.74, 6) is 2.43. The van der Waals surface area contributed by atoms with Gasteiger partial charge in [0.1, 0.15) is 0 Å². The van der Waals surface area contributed by atoms with E-state index in [2.05, 4.69) is 17.7 Å². The monoisotopic (exact) mass is 223 g/mol. The van der Waals surface area contributed by atoms with E-state index < -0.39 is 6.04 Å². The quantitative estimate of drug-likeness (QED) is 0.677. The lowest BCUT2D eigenvalue weighted by Gasteiger charge is -2.35. The van der Waals surface area contributed by atoms with Gasteiger partial charge in [-0.1, -0.05) is 6.92 Å². The van der Waals surface area contributed by atoms with Gasteiger partial charge in [0.25, 0.3) is 0 Å². The maximum absolute atomic E-state index is 11.8. The molecule has 1 heterocycles. The highest BCUT2D eigenvalue weighted by Gasteiger charge is 2.24. The van der Waals surface area contributed by atoms with E-state index in [0.29, 0.717) is 6.42 Å². The van der Waals surface area contributed by atoms with E-state index in [9.17, 15) is 4.79 Å². The summed E-state index contributed by atoms with van der Waals surface area (Å²) in [5, 5.41) is 0. The molecule has 1 aliphatic rings. The number of nitrogens with zero attached hydrogens (tertiary/aromatic N) is 2. The van der Waals surface area contributed by atoms with Crippen molar-refractivity contribution < 1.29 is 4.79 Å². The van der Waals surface area contributed by atoms with E-state index in [1.807, 2.05) is 4.90 Å². The van der Waals surface area contributed by atoms with E-state index in [4.69, 9.17) is 12.2 Å². The van der Waals surface area contributed by atoms with E-state index in [0.717, 1.165) is 39.1 Å². The summed E-state index contributed by atoms with van der Waals surface area (Å²) in [4.78, 5) is 16.0. The second kappa shape index (κ2) is 6.51. The van der Waals surface area contributed by atoms with Crippen LogP contribution in [0.2, 0.25) is 0 Å². The first-order chi connectivity index (χ1) is 7.69. The lowest BCUT2D eigenvalue weighted by Crippen LogP contribution is -2.53. The number of piperazine rings is 1. The fourth-order valence-corrected chi connectivity index (χ4v) is 1.96. The van der Waals surface area contributed by atoms with Crippen molar-refractivity contribution in [2.75, 3.05) is 32.7 Å². The fraction of sp³-hybridized carbons (Fsp3) is 0.750. The maximum Gasteiger partial charge on any atom is 0.240 e. The molecule has 1 atom stereocenters. The van der Waals surface area contributed by atoms with E-state index in [1.165, 1.54) is 0 Å². The van der Waals surface area contributed by atoms with Crippen molar-refractivity contribution in [2.45, 2.75) is 25.8 Å². The summed E-state index contributed by atoms with van der Waals surface area (Å²) in [6, 6.07) is -0.525. The standard InChI is InChI=1S/C12H21N3O/c1-3-5-11(13)12(16)15-9-7-14(6-4-2)8-10-15/h1,11H,4-10,13H2,2H3. The molecule has 0 bridgehead atoms. The molecule has 4 nitrogen and oxygen atoms in total. The minimum Gasteiger partial charge on any atom is -0.339 e. The van der Waals surface area contributed by atoms with E-state index in [-0.39, 0.29) is 5.91 Å². The topological polar surface area (TPSA) is 49.6 Å². The molecule has 1 amide bonds. The van der Waals surface area contributed by atoms with Crippen LogP contribution in [0.25, 0.3) is 0 Å². The third-order valence-electron chi connectivity index (χ3n) is 2.88. The van der Waals surface area contributed by atoms with Crippen LogP contribution >= 0.6 is 0 Å². The summed E-state index contributed by atoms with van der Waals surface area (Å²) in [5.41, 5.74) is 5.70. The van der Waals surface area contributed by atoms with Crippen LogP contribution in [-0.2, 0) is 4.79 Å². The van der Waals surface area contributed by atoms with Crippen LogP contribution in [0.4, 0.5) is 0 Å². The first-order valence-corrected chi connectivity index (χ1v) is 5.89. The van der Waals surface area contributed by atoms with Crippen LogP contribution in [0.5, 0.6) is 0 Å². The Morgan fingerprint density at radius 1 is 1.44 bits per heavy atom. The molecule has 0 aliphatic carbocycles. The number of nitrogens with two attached hydrogens (primary N) is 1. The molecule has 0 aromatic carbocycles. The van der Waals surface area contributed by atoms with Gasteiger partial charge >= 0.3 is 0 Å². The summed E-state index contributed by atoms with van der Waals surface area (Å²) in [7, 11) is 0. The molecule has 1 aliphatic heterocycles.